The number of nitrogens with zero attached hydrogens (tertiary/aromatic N) is 4. The average Bonchev–Trinajstić information content (AvgIpc) is 1.89. The number of ether oxygens (including phenoxy) is 4. The number of fused-ring (bicyclic) bond motifs is 4. The molecule has 0 bridgehead atoms. The largest absolute Gasteiger partial charge is 0.508 e. The topological polar surface area (TPSA) is 493 Å². The van der Waals surface area contributed by atoms with Crippen LogP contribution in [-0.4, -0.2) is 240 Å². The number of thioether (sulfide) groups is 1. The van der Waals surface area contributed by atoms with E-state index in [1.165, 1.54) is 30.8 Å². The second kappa shape index (κ2) is 37.9. The smallest absolute Gasteiger partial charge is 0.246 e. The number of H-pyrrole nitrogens is 1. The Morgan fingerprint density at radius 3 is 2.23 bits per heavy atom. The molecule has 0 saturated carbocycles. The van der Waals surface area contributed by atoms with Gasteiger partial charge in [0.15, 0.2) is 0 Å². The minimum atomic E-state index is -2.36. The molecule has 0 spiro atoms. The zero-order valence-corrected chi connectivity index (χ0v) is 50.9. The van der Waals surface area contributed by atoms with Gasteiger partial charge in [0.2, 0.25) is 53.2 Å². The first kappa shape index (κ1) is 72.8. The van der Waals surface area contributed by atoms with Gasteiger partial charge in [0.05, 0.1) is 113 Å². The predicted octanol–water partition coefficient (Wildman–Crippen LogP) is -3.96. The van der Waals surface area contributed by atoms with Crippen molar-refractivity contribution in [1.29, 1.82) is 0 Å². The fraction of sp³-hybridized carbons (Fsp3) is 0.679. The molecule has 2 aliphatic rings. The number of nitrogens with two attached hydrogens (primary N) is 2. The molecular weight excluding hydrogens is 1180 g/mol. The number of phenols is 1. The zero-order chi connectivity index (χ0) is 64.2. The molecule has 1 fully saturated rings. The van der Waals surface area contributed by atoms with Gasteiger partial charge in [-0.05, 0) is 42.5 Å². The third-order valence-electron chi connectivity index (χ3n) is 14.2. The molecule has 4 rings (SSSR count). The number of amides is 9. The zero-order valence-electron chi connectivity index (χ0n) is 49.2. The van der Waals surface area contributed by atoms with E-state index in [-0.39, 0.29) is 80.1 Å². The molecule has 87 heavy (non-hydrogen) atoms. The Kier molecular flexibility index (Phi) is 31.7. The van der Waals surface area contributed by atoms with Gasteiger partial charge >= 0.3 is 0 Å². The van der Waals surface area contributed by atoms with Gasteiger partial charge in [0.1, 0.15) is 41.0 Å². The molecule has 0 aliphatic carbocycles. The van der Waals surface area contributed by atoms with E-state index < -0.39 is 157 Å². The van der Waals surface area contributed by atoms with Gasteiger partial charge in [-0.3, -0.25) is 47.4 Å². The van der Waals surface area contributed by atoms with Crippen LogP contribution in [0.3, 0.4) is 0 Å². The van der Waals surface area contributed by atoms with Crippen molar-refractivity contribution in [3.05, 3.63) is 33.7 Å². The number of aromatic amines is 1. The highest BCUT2D eigenvalue weighted by Crippen LogP contribution is 2.35. The molecule has 9 amide bonds. The summed E-state index contributed by atoms with van der Waals surface area (Å²) < 4.78 is 36.7. The number of benzene rings is 1. The van der Waals surface area contributed by atoms with E-state index in [2.05, 4.69) is 52.2 Å². The summed E-state index contributed by atoms with van der Waals surface area (Å²) in [6, 6.07) is -5.87. The van der Waals surface area contributed by atoms with E-state index in [9.17, 15) is 63.6 Å². The van der Waals surface area contributed by atoms with Crippen LogP contribution in [0.2, 0.25) is 0 Å². The Balaban J connectivity index is 1.62. The Hall–Kier alpha value is -6.72. The number of primary amides is 1. The van der Waals surface area contributed by atoms with Crippen LogP contribution >= 0.6 is 11.8 Å². The van der Waals surface area contributed by atoms with Gasteiger partial charge in [0.25, 0.3) is 0 Å². The fourth-order valence-corrected chi connectivity index (χ4v) is 11.6. The first-order valence-corrected chi connectivity index (χ1v) is 31.0. The van der Waals surface area contributed by atoms with Crippen molar-refractivity contribution in [2.45, 2.75) is 119 Å². The quantitative estimate of drug-likeness (QED) is 0.0140. The predicted molar refractivity (Wildman–Crippen MR) is 315 cm³/mol. The summed E-state index contributed by atoms with van der Waals surface area (Å²) in [6.45, 7) is 6.72. The summed E-state index contributed by atoms with van der Waals surface area (Å²) in [5.74, 6) is -9.92. The summed E-state index contributed by atoms with van der Waals surface area (Å²) in [6.07, 6.45) is -3.74. The van der Waals surface area contributed by atoms with Crippen LogP contribution in [0.4, 0.5) is 0 Å². The van der Waals surface area contributed by atoms with Crippen molar-refractivity contribution in [3.8, 4) is 5.75 Å². The minimum absolute atomic E-state index is 0.0440. The Morgan fingerprint density at radius 2 is 1.60 bits per heavy atom. The number of aromatic hydroxyl groups is 1. The molecule has 1 aromatic heterocycles. The molecule has 0 radical (unpaired) electrons. The molecule has 11 atom stereocenters. The lowest BCUT2D eigenvalue weighted by molar-refractivity contribution is -0.144. The van der Waals surface area contributed by atoms with Crippen molar-refractivity contribution in [2.24, 2.45) is 28.4 Å². The molecule has 1 aromatic carbocycles. The average molecular weight is 1270 g/mol. The van der Waals surface area contributed by atoms with Crippen molar-refractivity contribution in [2.75, 3.05) is 104 Å². The maximum Gasteiger partial charge on any atom is 0.246 e. The number of rotatable bonds is 33. The number of aliphatic hydroxyl groups is 3. The van der Waals surface area contributed by atoms with E-state index in [1.54, 1.807) is 20.8 Å². The van der Waals surface area contributed by atoms with Crippen LogP contribution < -0.4 is 48.7 Å². The highest BCUT2D eigenvalue weighted by molar-refractivity contribution is 7.98. The van der Waals surface area contributed by atoms with Crippen molar-refractivity contribution in [1.82, 2.24) is 47.1 Å². The number of carbonyl (C=O) groups is 9. The lowest BCUT2D eigenvalue weighted by Crippen LogP contribution is -2.61. The highest BCUT2D eigenvalue weighted by atomic mass is 32.2. The third kappa shape index (κ3) is 23.4. The number of phenolic OH excluding ortho intramolecular Hbond substituents is 1. The normalized spacial score (nSPS) is 21.7. The van der Waals surface area contributed by atoms with Crippen LogP contribution in [0.25, 0.3) is 21.3 Å². The monoisotopic (exact) mass is 1270 g/mol. The van der Waals surface area contributed by atoms with Crippen molar-refractivity contribution in [3.63, 3.8) is 0 Å². The summed E-state index contributed by atoms with van der Waals surface area (Å²) in [5.41, 5.74) is 20.2. The fourth-order valence-electron chi connectivity index (χ4n) is 9.31. The number of azide groups is 1. The van der Waals surface area contributed by atoms with E-state index in [0.29, 0.717) is 61.7 Å². The van der Waals surface area contributed by atoms with Gasteiger partial charge < -0.3 is 97.9 Å². The third-order valence-corrected chi connectivity index (χ3v) is 16.7. The van der Waals surface area contributed by atoms with Gasteiger partial charge in [-0.2, -0.15) is 11.8 Å². The minimum Gasteiger partial charge on any atom is -0.508 e. The number of aromatic nitrogens is 1. The number of hydrogen-bond donors (Lipinski definition) is 14. The Labute approximate surface area is 509 Å². The van der Waals surface area contributed by atoms with Gasteiger partial charge in [-0.25, -0.2) is 0 Å². The summed E-state index contributed by atoms with van der Waals surface area (Å²) in [4.78, 5) is 129. The van der Waals surface area contributed by atoms with Crippen LogP contribution in [0.15, 0.2) is 22.3 Å². The van der Waals surface area contributed by atoms with Crippen LogP contribution in [0.1, 0.15) is 64.5 Å². The SMILES string of the molecule is CCC(C)[C@H](NC(=O)CN)C(=O)NCC(=O)NC1CS(=O)c2[nH]c3c(CSCCNC(=O)CCOCCOCCOCCOCCN=[N+]=[N-])c(O)ccc3c2C[C@@H](C)NC(=O)C(C(C)C(O)CO)NC(=O)C2CC(O)CN2C(=O)C(CC(N)=O)NC1=O. The second-order valence-corrected chi connectivity index (χ2v) is 23.3. The standard InChI is InChI=1S/C53H84N14O18S2/c1-5-29(2)45(63-43(74)23-54)50(78)58-24-44(75)61-37-28-87(81)52-34(20-30(3)60-51(79)46(31(4)40(71)26-68)64-49(77)38-21-32(69)25-67(38)53(80)36(22-41(55)72)62-48(37)76)33-6-7-39(70)35(47(33)65-52)27-86-19-10-57-42(73)8-11-82-13-15-84-17-18-85-16-14-83-12-9-59-66-56/h6-7,29-32,36-38,40,45-46,65,68-71H,5,8-28,54H2,1-4H3,(H2,55,72)(H,57,73)(H,58,78)(H,60,79)(H,61,75)(H,62,76)(H,63,74)(H,64,77)/t29?,30-,31?,32?,36?,37?,38?,40?,45+,46?,87?/m1/s1. The maximum atomic E-state index is 15.1. The highest BCUT2D eigenvalue weighted by Gasteiger charge is 2.45. The van der Waals surface area contributed by atoms with Gasteiger partial charge in [-0.15, -0.1) is 0 Å². The lowest BCUT2D eigenvalue weighted by Gasteiger charge is -2.32. The molecule has 2 aliphatic heterocycles. The molecule has 9 unspecified atom stereocenters. The maximum absolute atomic E-state index is 15.1. The summed E-state index contributed by atoms with van der Waals surface area (Å²) in [5, 5.41) is 64.5. The number of carbonyl (C=O) groups excluding carboxylic acids is 9. The van der Waals surface area contributed by atoms with E-state index in [0.717, 1.165) is 4.90 Å². The lowest BCUT2D eigenvalue weighted by atomic mass is 9.94. The van der Waals surface area contributed by atoms with Crippen molar-refractivity contribution >= 4 is 86.6 Å². The van der Waals surface area contributed by atoms with Crippen LogP contribution in [0.5, 0.6) is 5.75 Å². The molecule has 1 saturated heterocycles. The van der Waals surface area contributed by atoms with Gasteiger partial charge in [-0.1, -0.05) is 32.3 Å². The molecule has 16 N–H and O–H groups in total. The van der Waals surface area contributed by atoms with E-state index >= 15 is 4.21 Å². The Bertz CT molecular complexity index is 2740. The number of hydrogen-bond acceptors (Lipinski definition) is 21. The molecule has 2 aromatic rings. The van der Waals surface area contributed by atoms with E-state index in [4.69, 9.17) is 35.9 Å². The number of aliphatic hydroxyl groups excluding tert-OH is 3. The molecule has 3 heterocycles. The summed E-state index contributed by atoms with van der Waals surface area (Å²) >= 11 is 1.33. The second-order valence-electron chi connectivity index (χ2n) is 20.8. The van der Waals surface area contributed by atoms with Crippen LogP contribution in [0, 0.1) is 11.8 Å². The first-order chi connectivity index (χ1) is 41.5. The van der Waals surface area contributed by atoms with Crippen LogP contribution in [-0.2, 0) is 85.1 Å². The molecule has 34 heteroatoms. The van der Waals surface area contributed by atoms with Crippen molar-refractivity contribution < 1.29 is 86.7 Å². The molecule has 486 valence electrons. The molecular formula is C53H84N14O18S2. The molecule has 32 nitrogen and oxygen atoms in total. The first-order valence-electron chi connectivity index (χ1n) is 28.5. The van der Waals surface area contributed by atoms with Gasteiger partial charge in [0, 0.05) is 71.8 Å². The van der Waals surface area contributed by atoms with E-state index in [1.807, 2.05) is 0 Å². The summed E-state index contributed by atoms with van der Waals surface area (Å²) in [7, 11) is -2.36. The Morgan fingerprint density at radius 1 is 0.931 bits per heavy atom. The number of nitrogens with one attached hydrogen (secondary N) is 8.